The summed E-state index contributed by atoms with van der Waals surface area (Å²) >= 11 is 0. The van der Waals surface area contributed by atoms with Crippen LogP contribution >= 0.6 is 0 Å². The maximum absolute atomic E-state index is 14.0. The molecule has 0 radical (unpaired) electrons. The van der Waals surface area contributed by atoms with E-state index in [-0.39, 0.29) is 24.7 Å². The normalized spacial score (nSPS) is 17.6. The van der Waals surface area contributed by atoms with Crippen LogP contribution in [-0.2, 0) is 21.0 Å². The molecule has 5 rings (SSSR count). The average Bonchev–Trinajstić information content (AvgIpc) is 2.94. The van der Waals surface area contributed by atoms with Crippen molar-refractivity contribution in [2.45, 2.75) is 30.5 Å². The van der Waals surface area contributed by atoms with Gasteiger partial charge in [0, 0.05) is 37.9 Å². The van der Waals surface area contributed by atoms with Gasteiger partial charge < -0.3 is 14.7 Å². The molecule has 2 aromatic carbocycles. The zero-order valence-corrected chi connectivity index (χ0v) is 23.2. The van der Waals surface area contributed by atoms with Crippen molar-refractivity contribution >= 4 is 27.5 Å². The molecule has 2 aliphatic rings. The number of pyridine rings is 1. The number of nitrogens with zero attached hydrogens (tertiary/aromatic N) is 4. The molecule has 0 aliphatic carbocycles. The first-order valence-corrected chi connectivity index (χ1v) is 14.4. The van der Waals surface area contributed by atoms with Crippen LogP contribution in [0.3, 0.4) is 0 Å². The first kappa shape index (κ1) is 28.7. The van der Waals surface area contributed by atoms with Crippen molar-refractivity contribution in [3.8, 4) is 16.9 Å². The molecule has 3 aromatic rings. The number of hydrogen-bond donors (Lipinski definition) is 1. The summed E-state index contributed by atoms with van der Waals surface area (Å²) in [6, 6.07) is 10.6. The smallest absolute Gasteiger partial charge is 0.416 e. The average molecular weight is 591 g/mol. The number of benzene rings is 2. The molecule has 0 bridgehead atoms. The molecule has 1 aromatic heterocycles. The number of methoxy groups -OCH3 is 1. The zero-order valence-electron chi connectivity index (χ0n) is 22.4. The lowest BCUT2D eigenvalue weighted by molar-refractivity contribution is -0.138. The summed E-state index contributed by atoms with van der Waals surface area (Å²) in [6.07, 6.45) is -3.13. The fourth-order valence-corrected chi connectivity index (χ4v) is 6.87. The molecule has 2 aliphatic heterocycles. The highest BCUT2D eigenvalue weighted by atomic mass is 32.2. The molecule has 0 spiro atoms. The lowest BCUT2D eigenvalue weighted by Crippen LogP contribution is -2.61. The standard InChI is InChI=1S/C28H29F3N4O5S/c1-18-10-19(12-23(11-18)40-2)20-13-25-27(32-15-20)34-9-8-33(7-6-26(36)37)16-22(34)17-35(25)41(38,39)24-5-3-4-21(14-24)28(29,30)31/h3-5,10-15,22H,6-9,16-17H2,1-2H3,(H,36,37)/t22-/m0/s1. The molecule has 13 heteroatoms. The lowest BCUT2D eigenvalue weighted by Gasteiger charge is -2.48. The third-order valence-corrected chi connectivity index (χ3v) is 9.12. The molecule has 1 fully saturated rings. The maximum atomic E-state index is 14.0. The molecule has 41 heavy (non-hydrogen) atoms. The van der Waals surface area contributed by atoms with Crippen molar-refractivity contribution in [2.24, 2.45) is 0 Å². The highest BCUT2D eigenvalue weighted by Gasteiger charge is 2.41. The van der Waals surface area contributed by atoms with Gasteiger partial charge in [-0.15, -0.1) is 0 Å². The molecule has 218 valence electrons. The number of piperazine rings is 1. The number of hydrogen-bond acceptors (Lipinski definition) is 7. The van der Waals surface area contributed by atoms with Crippen molar-refractivity contribution in [1.29, 1.82) is 0 Å². The van der Waals surface area contributed by atoms with E-state index in [2.05, 4.69) is 4.98 Å². The molecule has 0 saturated carbocycles. The Morgan fingerprint density at radius 3 is 2.59 bits per heavy atom. The van der Waals surface area contributed by atoms with Crippen molar-refractivity contribution in [3.05, 3.63) is 65.9 Å². The van der Waals surface area contributed by atoms with Crippen LogP contribution in [-0.4, -0.2) is 75.3 Å². The monoisotopic (exact) mass is 590 g/mol. The fraction of sp³-hybridized carbons (Fsp3) is 0.357. The van der Waals surface area contributed by atoms with Gasteiger partial charge in [-0.3, -0.25) is 14.0 Å². The number of fused-ring (bicyclic) bond motifs is 3. The number of aryl methyl sites for hydroxylation is 1. The summed E-state index contributed by atoms with van der Waals surface area (Å²) in [5.41, 5.74) is 1.48. The maximum Gasteiger partial charge on any atom is 0.416 e. The minimum Gasteiger partial charge on any atom is -0.497 e. The summed E-state index contributed by atoms with van der Waals surface area (Å²) in [4.78, 5) is 19.2. The van der Waals surface area contributed by atoms with Crippen LogP contribution in [0.5, 0.6) is 5.75 Å². The van der Waals surface area contributed by atoms with Crippen molar-refractivity contribution < 1.29 is 36.2 Å². The molecular formula is C28H29F3N4O5S. The Bertz CT molecular complexity index is 1580. The van der Waals surface area contributed by atoms with Crippen molar-refractivity contribution in [1.82, 2.24) is 9.88 Å². The van der Waals surface area contributed by atoms with Gasteiger partial charge in [0.1, 0.15) is 5.75 Å². The second-order valence-corrected chi connectivity index (χ2v) is 12.0. The van der Waals surface area contributed by atoms with Crippen LogP contribution in [0.1, 0.15) is 17.5 Å². The second-order valence-electron chi connectivity index (χ2n) is 10.2. The van der Waals surface area contributed by atoms with Crippen LogP contribution < -0.4 is 13.9 Å². The molecule has 1 atom stereocenters. The van der Waals surface area contributed by atoms with E-state index in [0.29, 0.717) is 49.4 Å². The Kier molecular flexibility index (Phi) is 7.60. The van der Waals surface area contributed by atoms with E-state index in [4.69, 9.17) is 9.84 Å². The van der Waals surface area contributed by atoms with E-state index in [1.54, 1.807) is 25.4 Å². The number of sulfonamides is 1. The minimum absolute atomic E-state index is 0.0442. The fourth-order valence-electron chi connectivity index (χ4n) is 5.33. The van der Waals surface area contributed by atoms with Crippen LogP contribution in [0, 0.1) is 6.92 Å². The molecular weight excluding hydrogens is 561 g/mol. The molecule has 9 nitrogen and oxygen atoms in total. The number of alkyl halides is 3. The van der Waals surface area contributed by atoms with Crippen LogP contribution in [0.25, 0.3) is 11.1 Å². The van der Waals surface area contributed by atoms with Gasteiger partial charge in [0.2, 0.25) is 0 Å². The number of rotatable bonds is 7. The number of halogens is 3. The summed E-state index contributed by atoms with van der Waals surface area (Å²) < 4.78 is 75.0. The van der Waals surface area contributed by atoms with E-state index in [1.165, 1.54) is 0 Å². The summed E-state index contributed by atoms with van der Waals surface area (Å²) in [7, 11) is -2.90. The van der Waals surface area contributed by atoms with Crippen LogP contribution in [0.4, 0.5) is 24.7 Å². The first-order chi connectivity index (χ1) is 19.4. The Labute approximate surface area is 235 Å². The predicted octanol–water partition coefficient (Wildman–Crippen LogP) is 4.26. The van der Waals surface area contributed by atoms with E-state index in [0.717, 1.165) is 33.6 Å². The Morgan fingerprint density at radius 2 is 1.88 bits per heavy atom. The quantitative estimate of drug-likeness (QED) is 0.436. The largest absolute Gasteiger partial charge is 0.497 e. The Hall–Kier alpha value is -3.84. The van der Waals surface area contributed by atoms with Crippen molar-refractivity contribution in [3.63, 3.8) is 0 Å². The van der Waals surface area contributed by atoms with E-state index >= 15 is 0 Å². The SMILES string of the molecule is COc1cc(C)cc(-c2cnc3c(c2)N(S(=O)(=O)c2cccc(C(F)(F)F)c2)C[C@@H]2CN(CCC(=O)O)CCN32)c1. The molecule has 0 unspecified atom stereocenters. The third kappa shape index (κ3) is 5.82. The number of carboxylic acid groups (broad SMARTS) is 1. The van der Waals surface area contributed by atoms with Gasteiger partial charge in [-0.1, -0.05) is 12.1 Å². The third-order valence-electron chi connectivity index (χ3n) is 7.34. The predicted molar refractivity (Wildman–Crippen MR) is 147 cm³/mol. The lowest BCUT2D eigenvalue weighted by atomic mass is 10.0. The van der Waals surface area contributed by atoms with E-state index in [9.17, 15) is 26.4 Å². The van der Waals surface area contributed by atoms with Crippen LogP contribution in [0.2, 0.25) is 0 Å². The summed E-state index contributed by atoms with van der Waals surface area (Å²) in [6.45, 7) is 3.57. The molecule has 1 saturated heterocycles. The van der Waals surface area contributed by atoms with Crippen LogP contribution in [0.15, 0.2) is 59.6 Å². The highest BCUT2D eigenvalue weighted by Crippen LogP contribution is 2.41. The van der Waals surface area contributed by atoms with Gasteiger partial charge in [0.05, 0.1) is 42.3 Å². The van der Waals surface area contributed by atoms with Gasteiger partial charge in [-0.2, -0.15) is 13.2 Å². The van der Waals surface area contributed by atoms with Gasteiger partial charge in [-0.25, -0.2) is 13.4 Å². The number of aromatic nitrogens is 1. The number of carbonyl (C=O) groups is 1. The molecule has 0 amide bonds. The first-order valence-electron chi connectivity index (χ1n) is 12.9. The van der Waals surface area contributed by atoms with Crippen molar-refractivity contribution in [2.75, 3.05) is 49.0 Å². The number of anilines is 2. The minimum atomic E-state index is -4.71. The van der Waals surface area contributed by atoms with E-state index in [1.807, 2.05) is 28.9 Å². The van der Waals surface area contributed by atoms with Gasteiger partial charge in [0.15, 0.2) is 5.82 Å². The highest BCUT2D eigenvalue weighted by molar-refractivity contribution is 7.92. The summed E-state index contributed by atoms with van der Waals surface area (Å²) in [5.74, 6) is 0.0823. The van der Waals surface area contributed by atoms with Gasteiger partial charge in [-0.05, 0) is 54.4 Å². The molecule has 1 N–H and O–H groups in total. The Balaban J connectivity index is 1.60. The summed E-state index contributed by atoms with van der Waals surface area (Å²) in [5, 5.41) is 9.11. The number of aliphatic carboxylic acids is 1. The van der Waals surface area contributed by atoms with Gasteiger partial charge in [0.25, 0.3) is 10.0 Å². The van der Waals surface area contributed by atoms with Gasteiger partial charge >= 0.3 is 12.1 Å². The number of ether oxygens (including phenoxy) is 1. The van der Waals surface area contributed by atoms with E-state index < -0.39 is 32.6 Å². The Morgan fingerprint density at radius 1 is 1.10 bits per heavy atom. The molecule has 3 heterocycles. The number of carboxylic acids is 1. The topological polar surface area (TPSA) is 103 Å². The second kappa shape index (κ2) is 10.9. The zero-order chi connectivity index (χ0) is 29.5.